The van der Waals surface area contributed by atoms with E-state index in [-0.39, 0.29) is 12.0 Å². The number of hydrogen-bond donors (Lipinski definition) is 0. The number of esters is 1. The first-order valence-electron chi connectivity index (χ1n) is 8.49. The standard InChI is InChI=1S/C17H35NO2/c1-6-9-12-18(13-10-7-2)16(15(4)5)17(19)20-14-11-8-3/h15-16H,6-14H2,1-5H3. The molecule has 0 saturated heterocycles. The quantitative estimate of drug-likeness (QED) is 0.396. The zero-order chi connectivity index (χ0) is 15.4. The van der Waals surface area contributed by atoms with Gasteiger partial charge in [-0.2, -0.15) is 0 Å². The molecule has 0 radical (unpaired) electrons. The second-order valence-corrected chi connectivity index (χ2v) is 5.95. The Morgan fingerprint density at radius 1 is 0.950 bits per heavy atom. The largest absolute Gasteiger partial charge is 0.465 e. The van der Waals surface area contributed by atoms with Gasteiger partial charge in [0.2, 0.25) is 0 Å². The average molecular weight is 285 g/mol. The van der Waals surface area contributed by atoms with Crippen molar-refractivity contribution in [2.45, 2.75) is 79.2 Å². The summed E-state index contributed by atoms with van der Waals surface area (Å²) in [6.07, 6.45) is 6.65. The topological polar surface area (TPSA) is 29.5 Å². The second-order valence-electron chi connectivity index (χ2n) is 5.95. The van der Waals surface area contributed by atoms with Crippen LogP contribution < -0.4 is 0 Å². The lowest BCUT2D eigenvalue weighted by molar-refractivity contribution is -0.152. The predicted molar refractivity (Wildman–Crippen MR) is 85.9 cm³/mol. The van der Waals surface area contributed by atoms with Crippen molar-refractivity contribution in [2.75, 3.05) is 19.7 Å². The van der Waals surface area contributed by atoms with Crippen molar-refractivity contribution in [3.8, 4) is 0 Å². The highest BCUT2D eigenvalue weighted by molar-refractivity contribution is 5.76. The summed E-state index contributed by atoms with van der Waals surface area (Å²) in [4.78, 5) is 14.7. The highest BCUT2D eigenvalue weighted by Crippen LogP contribution is 2.15. The maximum atomic E-state index is 12.4. The van der Waals surface area contributed by atoms with Crippen LogP contribution in [0, 0.1) is 5.92 Å². The van der Waals surface area contributed by atoms with Gasteiger partial charge >= 0.3 is 5.97 Å². The van der Waals surface area contributed by atoms with E-state index in [9.17, 15) is 4.79 Å². The molecule has 3 heteroatoms. The zero-order valence-electron chi connectivity index (χ0n) is 14.3. The molecule has 0 aromatic carbocycles. The third-order valence-electron chi connectivity index (χ3n) is 3.61. The molecule has 0 aliphatic rings. The summed E-state index contributed by atoms with van der Waals surface area (Å²) < 4.78 is 5.47. The second kappa shape index (κ2) is 12.2. The summed E-state index contributed by atoms with van der Waals surface area (Å²) in [5.74, 6) is 0.276. The van der Waals surface area contributed by atoms with Gasteiger partial charge in [-0.3, -0.25) is 9.69 Å². The van der Waals surface area contributed by atoms with Gasteiger partial charge in [-0.15, -0.1) is 0 Å². The van der Waals surface area contributed by atoms with E-state index < -0.39 is 0 Å². The molecule has 0 heterocycles. The van der Waals surface area contributed by atoms with Gasteiger partial charge in [0.1, 0.15) is 6.04 Å². The number of hydrogen-bond acceptors (Lipinski definition) is 3. The Labute approximate surface area is 126 Å². The summed E-state index contributed by atoms with van der Waals surface area (Å²) in [5, 5.41) is 0. The van der Waals surface area contributed by atoms with Gasteiger partial charge in [0, 0.05) is 0 Å². The van der Waals surface area contributed by atoms with Crippen LogP contribution in [0.15, 0.2) is 0 Å². The Morgan fingerprint density at radius 2 is 1.45 bits per heavy atom. The van der Waals surface area contributed by atoms with E-state index in [1.807, 2.05) is 0 Å². The van der Waals surface area contributed by atoms with Crippen LogP contribution in [0.3, 0.4) is 0 Å². The molecule has 1 unspecified atom stereocenters. The van der Waals surface area contributed by atoms with Crippen molar-refractivity contribution in [2.24, 2.45) is 5.92 Å². The van der Waals surface area contributed by atoms with Crippen LogP contribution >= 0.6 is 0 Å². The molecule has 0 aromatic heterocycles. The van der Waals surface area contributed by atoms with E-state index in [4.69, 9.17) is 4.74 Å². The predicted octanol–water partition coefficient (Wildman–Crippen LogP) is 4.26. The van der Waals surface area contributed by atoms with Gasteiger partial charge in [0.05, 0.1) is 6.61 Å². The first kappa shape index (κ1) is 19.4. The molecule has 0 aliphatic heterocycles. The highest BCUT2D eigenvalue weighted by Gasteiger charge is 2.29. The fourth-order valence-corrected chi connectivity index (χ4v) is 2.36. The minimum absolute atomic E-state index is 0.0272. The van der Waals surface area contributed by atoms with Crippen molar-refractivity contribution in [1.82, 2.24) is 4.90 Å². The van der Waals surface area contributed by atoms with E-state index in [0.717, 1.165) is 38.8 Å². The lowest BCUT2D eigenvalue weighted by Crippen LogP contribution is -2.46. The van der Waals surface area contributed by atoms with Crippen LogP contribution in [0.1, 0.15) is 73.1 Å². The monoisotopic (exact) mass is 285 g/mol. The number of rotatable bonds is 12. The lowest BCUT2D eigenvalue weighted by atomic mass is 10.0. The Kier molecular flexibility index (Phi) is 11.8. The maximum Gasteiger partial charge on any atom is 0.323 e. The summed E-state index contributed by atoms with van der Waals surface area (Å²) in [6, 6.07) is -0.0787. The van der Waals surface area contributed by atoms with Crippen molar-refractivity contribution in [3.05, 3.63) is 0 Å². The highest BCUT2D eigenvalue weighted by atomic mass is 16.5. The fourth-order valence-electron chi connectivity index (χ4n) is 2.36. The van der Waals surface area contributed by atoms with Crippen molar-refractivity contribution >= 4 is 5.97 Å². The van der Waals surface area contributed by atoms with Gasteiger partial charge in [-0.1, -0.05) is 53.9 Å². The third kappa shape index (κ3) is 7.88. The molecular weight excluding hydrogens is 250 g/mol. The van der Waals surface area contributed by atoms with E-state index in [1.54, 1.807) is 0 Å². The summed E-state index contributed by atoms with van der Waals surface area (Å²) in [5.41, 5.74) is 0. The van der Waals surface area contributed by atoms with E-state index in [0.29, 0.717) is 12.5 Å². The van der Waals surface area contributed by atoms with Gasteiger partial charge in [-0.25, -0.2) is 0 Å². The van der Waals surface area contributed by atoms with Crippen LogP contribution in [0.25, 0.3) is 0 Å². The molecule has 0 bridgehead atoms. The van der Waals surface area contributed by atoms with Gasteiger partial charge in [-0.05, 0) is 38.3 Å². The van der Waals surface area contributed by atoms with E-state index in [1.165, 1.54) is 12.8 Å². The van der Waals surface area contributed by atoms with Gasteiger partial charge in [0.25, 0.3) is 0 Å². The van der Waals surface area contributed by atoms with E-state index in [2.05, 4.69) is 39.5 Å². The van der Waals surface area contributed by atoms with Crippen LogP contribution in [-0.2, 0) is 9.53 Å². The van der Waals surface area contributed by atoms with Crippen LogP contribution in [0.2, 0.25) is 0 Å². The Morgan fingerprint density at radius 3 is 1.85 bits per heavy atom. The molecule has 0 spiro atoms. The van der Waals surface area contributed by atoms with Crippen LogP contribution in [0.4, 0.5) is 0 Å². The summed E-state index contributed by atoms with van der Waals surface area (Å²) >= 11 is 0. The first-order valence-corrected chi connectivity index (χ1v) is 8.49. The minimum atomic E-state index is -0.0787. The molecule has 0 aromatic rings. The molecule has 20 heavy (non-hydrogen) atoms. The van der Waals surface area contributed by atoms with E-state index >= 15 is 0 Å². The lowest BCUT2D eigenvalue weighted by Gasteiger charge is -2.32. The Bertz CT molecular complexity index is 233. The smallest absolute Gasteiger partial charge is 0.323 e. The van der Waals surface area contributed by atoms with Crippen molar-refractivity contribution < 1.29 is 9.53 Å². The Hall–Kier alpha value is -0.570. The fraction of sp³-hybridized carbons (Fsp3) is 0.941. The van der Waals surface area contributed by atoms with Crippen LogP contribution in [0.5, 0.6) is 0 Å². The SMILES string of the molecule is CCCCOC(=O)C(C(C)C)N(CCCC)CCCC. The molecule has 3 nitrogen and oxygen atoms in total. The maximum absolute atomic E-state index is 12.4. The number of unbranched alkanes of at least 4 members (excludes halogenated alkanes) is 3. The molecular formula is C17H35NO2. The number of carbonyl (C=O) groups is 1. The molecule has 0 fully saturated rings. The van der Waals surface area contributed by atoms with Gasteiger partial charge < -0.3 is 4.74 Å². The van der Waals surface area contributed by atoms with Gasteiger partial charge in [0.15, 0.2) is 0 Å². The molecule has 0 amide bonds. The summed E-state index contributed by atoms with van der Waals surface area (Å²) in [7, 11) is 0. The number of ether oxygens (including phenoxy) is 1. The zero-order valence-corrected chi connectivity index (χ0v) is 14.3. The third-order valence-corrected chi connectivity index (χ3v) is 3.61. The van der Waals surface area contributed by atoms with Crippen LogP contribution in [-0.4, -0.2) is 36.6 Å². The number of nitrogens with zero attached hydrogens (tertiary/aromatic N) is 1. The summed E-state index contributed by atoms with van der Waals surface area (Å²) in [6.45, 7) is 13.3. The van der Waals surface area contributed by atoms with Crippen molar-refractivity contribution in [3.63, 3.8) is 0 Å². The number of carbonyl (C=O) groups excluding carboxylic acids is 1. The molecule has 1 atom stereocenters. The molecule has 0 aliphatic carbocycles. The Balaban J connectivity index is 4.63. The van der Waals surface area contributed by atoms with Crippen molar-refractivity contribution in [1.29, 1.82) is 0 Å². The molecule has 120 valence electrons. The normalized spacial score (nSPS) is 12.9. The minimum Gasteiger partial charge on any atom is -0.465 e. The first-order chi connectivity index (χ1) is 9.58. The molecule has 0 N–H and O–H groups in total. The average Bonchev–Trinajstić information content (AvgIpc) is 2.41. The molecule has 0 rings (SSSR count). The molecule has 0 saturated carbocycles.